The van der Waals surface area contributed by atoms with Gasteiger partial charge in [-0.3, -0.25) is 4.79 Å². The Balaban J connectivity index is 1.67. The molecule has 0 saturated carbocycles. The molecule has 3 aromatic carbocycles. The Kier molecular flexibility index (Phi) is 8.29. The fraction of sp³-hybridized carbons (Fsp3) is 0.185. The van der Waals surface area contributed by atoms with E-state index in [1.54, 1.807) is 30.3 Å². The van der Waals surface area contributed by atoms with Gasteiger partial charge >= 0.3 is 5.97 Å². The number of ether oxygens (including phenoxy) is 5. The number of rotatable bonds is 10. The van der Waals surface area contributed by atoms with Crippen LogP contribution >= 0.6 is 0 Å². The number of hydrogen-bond acceptors (Lipinski definition) is 7. The van der Waals surface area contributed by atoms with Crippen LogP contribution in [0.25, 0.3) is 6.08 Å². The topological polar surface area (TPSA) is 80.3 Å². The zero-order chi connectivity index (χ0) is 24.5. The highest BCUT2D eigenvalue weighted by Gasteiger charge is 2.18. The van der Waals surface area contributed by atoms with E-state index in [2.05, 4.69) is 0 Å². The van der Waals surface area contributed by atoms with E-state index in [9.17, 15) is 9.59 Å². The van der Waals surface area contributed by atoms with Crippen molar-refractivity contribution in [3.05, 3.63) is 83.4 Å². The van der Waals surface area contributed by atoms with E-state index >= 15 is 0 Å². The first kappa shape index (κ1) is 24.4. The summed E-state index contributed by atoms with van der Waals surface area (Å²) in [5.41, 5.74) is 1.58. The molecule has 0 radical (unpaired) electrons. The first-order valence-electron chi connectivity index (χ1n) is 10.6. The highest BCUT2D eigenvalue weighted by molar-refractivity contribution is 6.06. The smallest absolute Gasteiger partial charge is 0.343 e. The van der Waals surface area contributed by atoms with Crippen LogP contribution in [0.3, 0.4) is 0 Å². The van der Waals surface area contributed by atoms with Crippen LogP contribution in [0, 0.1) is 0 Å². The zero-order valence-electron chi connectivity index (χ0n) is 19.5. The van der Waals surface area contributed by atoms with Crippen LogP contribution in [0.1, 0.15) is 33.2 Å². The van der Waals surface area contributed by atoms with E-state index in [0.29, 0.717) is 35.2 Å². The Morgan fingerprint density at radius 3 is 1.88 bits per heavy atom. The molecule has 0 N–H and O–H groups in total. The fourth-order valence-corrected chi connectivity index (χ4v) is 3.16. The van der Waals surface area contributed by atoms with Gasteiger partial charge in [0, 0.05) is 5.56 Å². The van der Waals surface area contributed by atoms with Crippen LogP contribution in [0.4, 0.5) is 0 Å². The Morgan fingerprint density at radius 1 is 0.765 bits per heavy atom. The Labute approximate surface area is 198 Å². The molecule has 0 aliphatic rings. The molecule has 7 heteroatoms. The maximum Gasteiger partial charge on any atom is 0.343 e. The Bertz CT molecular complexity index is 1140. The van der Waals surface area contributed by atoms with Gasteiger partial charge < -0.3 is 23.7 Å². The number of esters is 1. The molecule has 0 heterocycles. The molecule has 176 valence electrons. The molecule has 3 aromatic rings. The van der Waals surface area contributed by atoms with Crippen molar-refractivity contribution in [3.8, 4) is 28.7 Å². The standard InChI is InChI=1S/C27H26O7/c1-5-33-21-11-6-18(7-12-21)8-15-23(28)19-9-13-22(14-10-19)34-27(29)20-16-24(30-2)26(32-4)25(17-20)31-3/h6-17H,5H2,1-4H3/b15-8+. The second-order valence-electron chi connectivity index (χ2n) is 7.03. The summed E-state index contributed by atoms with van der Waals surface area (Å²) in [6, 6.07) is 16.8. The minimum absolute atomic E-state index is 0.170. The first-order chi connectivity index (χ1) is 16.5. The van der Waals surface area contributed by atoms with E-state index in [4.69, 9.17) is 23.7 Å². The van der Waals surface area contributed by atoms with Crippen LogP contribution in [0.5, 0.6) is 28.7 Å². The van der Waals surface area contributed by atoms with Gasteiger partial charge in [-0.1, -0.05) is 18.2 Å². The number of allylic oxidation sites excluding steroid dienone is 1. The molecule has 0 unspecified atom stereocenters. The molecular weight excluding hydrogens is 436 g/mol. The third-order valence-corrected chi connectivity index (χ3v) is 4.87. The van der Waals surface area contributed by atoms with E-state index < -0.39 is 5.97 Å². The number of methoxy groups -OCH3 is 3. The monoisotopic (exact) mass is 462 g/mol. The lowest BCUT2D eigenvalue weighted by Gasteiger charge is -2.13. The van der Waals surface area contributed by atoms with Gasteiger partial charge in [0.2, 0.25) is 5.75 Å². The first-order valence-corrected chi connectivity index (χ1v) is 10.6. The fourth-order valence-electron chi connectivity index (χ4n) is 3.16. The number of carbonyl (C=O) groups is 2. The summed E-state index contributed by atoms with van der Waals surface area (Å²) in [4.78, 5) is 25.1. The number of hydrogen-bond donors (Lipinski definition) is 0. The van der Waals surface area contributed by atoms with Crippen LogP contribution in [0.15, 0.2) is 66.7 Å². The molecule has 0 amide bonds. The van der Waals surface area contributed by atoms with E-state index in [1.165, 1.54) is 39.5 Å². The molecule has 0 bridgehead atoms. The molecule has 0 aliphatic heterocycles. The van der Waals surface area contributed by atoms with Crippen molar-refractivity contribution in [1.82, 2.24) is 0 Å². The predicted molar refractivity (Wildman–Crippen MR) is 128 cm³/mol. The molecule has 0 aliphatic carbocycles. The minimum atomic E-state index is -0.603. The highest BCUT2D eigenvalue weighted by atomic mass is 16.5. The summed E-state index contributed by atoms with van der Waals surface area (Å²) in [6.07, 6.45) is 3.23. The van der Waals surface area contributed by atoms with Crippen molar-refractivity contribution in [1.29, 1.82) is 0 Å². The van der Waals surface area contributed by atoms with Gasteiger partial charge in [0.15, 0.2) is 17.3 Å². The third kappa shape index (κ3) is 5.95. The summed E-state index contributed by atoms with van der Waals surface area (Å²) in [5.74, 6) is 1.37. The second kappa shape index (κ2) is 11.6. The van der Waals surface area contributed by atoms with Crippen molar-refractivity contribution < 1.29 is 33.3 Å². The van der Waals surface area contributed by atoms with Crippen LogP contribution in [-0.2, 0) is 0 Å². The van der Waals surface area contributed by atoms with Crippen molar-refractivity contribution in [3.63, 3.8) is 0 Å². The lowest BCUT2D eigenvalue weighted by Crippen LogP contribution is -2.10. The lowest BCUT2D eigenvalue weighted by molar-refractivity contribution is 0.0733. The van der Waals surface area contributed by atoms with Crippen LogP contribution in [-0.4, -0.2) is 39.7 Å². The molecule has 7 nitrogen and oxygen atoms in total. The van der Waals surface area contributed by atoms with Crippen LogP contribution < -0.4 is 23.7 Å². The summed E-state index contributed by atoms with van der Waals surface area (Å²) >= 11 is 0. The van der Waals surface area contributed by atoms with E-state index in [0.717, 1.165) is 11.3 Å². The minimum Gasteiger partial charge on any atom is -0.494 e. The van der Waals surface area contributed by atoms with Gasteiger partial charge in [-0.25, -0.2) is 4.79 Å². The number of ketones is 1. The highest BCUT2D eigenvalue weighted by Crippen LogP contribution is 2.38. The number of benzene rings is 3. The molecule has 3 rings (SSSR count). The van der Waals surface area contributed by atoms with Gasteiger partial charge in [0.05, 0.1) is 33.5 Å². The van der Waals surface area contributed by atoms with E-state index in [1.807, 2.05) is 31.2 Å². The van der Waals surface area contributed by atoms with Gasteiger partial charge in [-0.2, -0.15) is 0 Å². The number of carbonyl (C=O) groups excluding carboxylic acids is 2. The normalized spacial score (nSPS) is 10.6. The Hall–Kier alpha value is -4.26. The average molecular weight is 462 g/mol. The van der Waals surface area contributed by atoms with Gasteiger partial charge in [-0.15, -0.1) is 0 Å². The van der Waals surface area contributed by atoms with Gasteiger partial charge in [-0.05, 0) is 67.1 Å². The quantitative estimate of drug-likeness (QED) is 0.177. The average Bonchev–Trinajstić information content (AvgIpc) is 2.87. The van der Waals surface area contributed by atoms with E-state index in [-0.39, 0.29) is 11.3 Å². The molecular formula is C27H26O7. The SMILES string of the molecule is CCOc1ccc(/C=C/C(=O)c2ccc(OC(=O)c3cc(OC)c(OC)c(OC)c3)cc2)cc1. The third-order valence-electron chi connectivity index (χ3n) is 4.87. The second-order valence-corrected chi connectivity index (χ2v) is 7.03. The molecule has 0 atom stereocenters. The maximum atomic E-state index is 12.6. The lowest BCUT2D eigenvalue weighted by atomic mass is 10.1. The summed E-state index contributed by atoms with van der Waals surface area (Å²) in [7, 11) is 4.41. The summed E-state index contributed by atoms with van der Waals surface area (Å²) < 4.78 is 26.7. The zero-order valence-corrected chi connectivity index (χ0v) is 19.5. The maximum absolute atomic E-state index is 12.6. The summed E-state index contributed by atoms with van der Waals surface area (Å²) in [5, 5.41) is 0. The summed E-state index contributed by atoms with van der Waals surface area (Å²) in [6.45, 7) is 2.52. The molecule has 0 fully saturated rings. The van der Waals surface area contributed by atoms with Crippen molar-refractivity contribution in [2.75, 3.05) is 27.9 Å². The van der Waals surface area contributed by atoms with Crippen LogP contribution in [0.2, 0.25) is 0 Å². The van der Waals surface area contributed by atoms with Gasteiger partial charge in [0.1, 0.15) is 11.5 Å². The molecule has 0 spiro atoms. The predicted octanol–water partition coefficient (Wildman–Crippen LogP) is 5.23. The Morgan fingerprint density at radius 2 is 1.35 bits per heavy atom. The molecule has 34 heavy (non-hydrogen) atoms. The van der Waals surface area contributed by atoms with Crippen molar-refractivity contribution in [2.24, 2.45) is 0 Å². The van der Waals surface area contributed by atoms with Gasteiger partial charge in [0.25, 0.3) is 0 Å². The van der Waals surface area contributed by atoms with Crippen molar-refractivity contribution in [2.45, 2.75) is 6.92 Å². The molecule has 0 aromatic heterocycles. The largest absolute Gasteiger partial charge is 0.494 e. The molecule has 0 saturated heterocycles. The van der Waals surface area contributed by atoms with Crippen molar-refractivity contribution >= 4 is 17.8 Å².